The van der Waals surface area contributed by atoms with Crippen LogP contribution < -0.4 is 10.7 Å². The van der Waals surface area contributed by atoms with Crippen LogP contribution in [0.5, 0.6) is 0 Å². The van der Waals surface area contributed by atoms with Crippen LogP contribution in [0.1, 0.15) is 33.1 Å². The Kier molecular flexibility index (Phi) is 6.15. The SMILES string of the molecule is CN(C)S(=O)(=O)c1cccc(NC(=S)N/N=C2\CC(=O)CC(C)(C)C2)c1. The van der Waals surface area contributed by atoms with Crippen LogP contribution in [-0.4, -0.2) is 43.4 Å². The van der Waals surface area contributed by atoms with Gasteiger partial charge in [0.1, 0.15) is 5.78 Å². The molecule has 0 aromatic heterocycles. The zero-order chi connectivity index (χ0) is 19.5. The van der Waals surface area contributed by atoms with Crippen molar-refractivity contribution >= 4 is 44.5 Å². The molecule has 142 valence electrons. The quantitative estimate of drug-likeness (QED) is 0.600. The summed E-state index contributed by atoms with van der Waals surface area (Å²) >= 11 is 5.21. The average molecular weight is 397 g/mol. The van der Waals surface area contributed by atoms with Gasteiger partial charge in [-0.3, -0.25) is 10.2 Å². The molecule has 0 radical (unpaired) electrons. The number of sulfonamides is 1. The largest absolute Gasteiger partial charge is 0.331 e. The van der Waals surface area contributed by atoms with Crippen molar-refractivity contribution < 1.29 is 13.2 Å². The van der Waals surface area contributed by atoms with Crippen LogP contribution in [0.3, 0.4) is 0 Å². The van der Waals surface area contributed by atoms with Gasteiger partial charge in [-0.25, -0.2) is 12.7 Å². The maximum atomic E-state index is 12.2. The average Bonchev–Trinajstić information content (AvgIpc) is 2.51. The number of benzene rings is 1. The van der Waals surface area contributed by atoms with Gasteiger partial charge in [0.05, 0.1) is 4.90 Å². The number of anilines is 1. The summed E-state index contributed by atoms with van der Waals surface area (Å²) in [5.41, 5.74) is 3.94. The molecule has 0 saturated heterocycles. The molecule has 0 aliphatic heterocycles. The Morgan fingerprint density at radius 1 is 1.27 bits per heavy atom. The monoisotopic (exact) mass is 396 g/mol. The molecular weight excluding hydrogens is 372 g/mol. The van der Waals surface area contributed by atoms with Gasteiger partial charge in [-0.15, -0.1) is 0 Å². The number of hydrogen-bond acceptors (Lipinski definition) is 5. The molecule has 0 unspecified atom stereocenters. The Labute approximate surface area is 159 Å². The van der Waals surface area contributed by atoms with Crippen LogP contribution in [0, 0.1) is 5.41 Å². The molecule has 0 spiro atoms. The Morgan fingerprint density at radius 2 is 1.96 bits per heavy atom. The predicted molar refractivity (Wildman–Crippen MR) is 107 cm³/mol. The lowest BCUT2D eigenvalue weighted by Crippen LogP contribution is -2.32. The summed E-state index contributed by atoms with van der Waals surface area (Å²) in [6.45, 7) is 4.07. The van der Waals surface area contributed by atoms with Crippen LogP contribution in [0.2, 0.25) is 0 Å². The lowest BCUT2D eigenvalue weighted by molar-refractivity contribution is -0.120. The van der Waals surface area contributed by atoms with E-state index < -0.39 is 10.0 Å². The van der Waals surface area contributed by atoms with Gasteiger partial charge in [0.25, 0.3) is 0 Å². The molecule has 1 aromatic carbocycles. The van der Waals surface area contributed by atoms with Crippen LogP contribution in [-0.2, 0) is 14.8 Å². The van der Waals surface area contributed by atoms with E-state index in [1.54, 1.807) is 12.1 Å². The minimum absolute atomic E-state index is 0.0975. The summed E-state index contributed by atoms with van der Waals surface area (Å²) in [4.78, 5) is 12.0. The second-order valence-electron chi connectivity index (χ2n) is 7.29. The number of ketones is 1. The van der Waals surface area contributed by atoms with E-state index in [0.29, 0.717) is 18.5 Å². The normalized spacial score (nSPS) is 18.8. The Bertz CT molecular complexity index is 845. The van der Waals surface area contributed by atoms with Crippen molar-refractivity contribution in [1.29, 1.82) is 0 Å². The Morgan fingerprint density at radius 3 is 2.58 bits per heavy atom. The number of rotatable bonds is 4. The highest BCUT2D eigenvalue weighted by molar-refractivity contribution is 7.89. The molecule has 0 bridgehead atoms. The fraction of sp³-hybridized carbons (Fsp3) is 0.471. The zero-order valence-electron chi connectivity index (χ0n) is 15.4. The number of Topliss-reactive ketones (excluding diaryl/α,β-unsaturated/α-hetero) is 1. The van der Waals surface area contributed by atoms with E-state index in [1.807, 2.05) is 13.8 Å². The van der Waals surface area contributed by atoms with E-state index in [0.717, 1.165) is 16.4 Å². The highest BCUT2D eigenvalue weighted by Crippen LogP contribution is 2.31. The van der Waals surface area contributed by atoms with Gasteiger partial charge in [-0.05, 0) is 42.3 Å². The number of hydrazone groups is 1. The summed E-state index contributed by atoms with van der Waals surface area (Å²) in [6.07, 6.45) is 1.61. The van der Waals surface area contributed by atoms with Crippen LogP contribution in [0.25, 0.3) is 0 Å². The van der Waals surface area contributed by atoms with E-state index in [2.05, 4.69) is 15.8 Å². The Balaban J connectivity index is 2.05. The van der Waals surface area contributed by atoms with E-state index in [9.17, 15) is 13.2 Å². The Hall–Kier alpha value is -1.84. The topological polar surface area (TPSA) is 90.9 Å². The third-order valence-electron chi connectivity index (χ3n) is 3.95. The van der Waals surface area contributed by atoms with Crippen LogP contribution >= 0.6 is 12.2 Å². The second-order valence-corrected chi connectivity index (χ2v) is 9.85. The minimum Gasteiger partial charge on any atom is -0.331 e. The standard InChI is InChI=1S/C17H24N4O3S2/c1-17(2)10-13(8-14(22)11-17)19-20-16(25)18-12-6-5-7-15(9-12)26(23,24)21(3)4/h5-7,9H,8,10-11H2,1-4H3,(H2,18,20,25)/b19-13+. The van der Waals surface area contributed by atoms with Gasteiger partial charge in [-0.2, -0.15) is 5.10 Å². The lowest BCUT2D eigenvalue weighted by Gasteiger charge is -2.29. The smallest absolute Gasteiger partial charge is 0.242 e. The van der Waals surface area contributed by atoms with Crippen molar-refractivity contribution in [3.8, 4) is 0 Å². The molecule has 9 heteroatoms. The number of carbonyl (C=O) groups excluding carboxylic acids is 1. The van der Waals surface area contributed by atoms with Crippen molar-refractivity contribution in [3.63, 3.8) is 0 Å². The third kappa shape index (κ3) is 5.33. The van der Waals surface area contributed by atoms with E-state index in [4.69, 9.17) is 12.2 Å². The molecule has 0 atom stereocenters. The van der Waals surface area contributed by atoms with Gasteiger partial charge in [-0.1, -0.05) is 19.9 Å². The third-order valence-corrected chi connectivity index (χ3v) is 5.95. The molecule has 2 rings (SSSR count). The molecule has 26 heavy (non-hydrogen) atoms. The van der Waals surface area contributed by atoms with Gasteiger partial charge in [0.15, 0.2) is 5.11 Å². The summed E-state index contributed by atoms with van der Waals surface area (Å²) in [5.74, 6) is 0.169. The second kappa shape index (κ2) is 7.81. The molecule has 2 N–H and O–H groups in total. The van der Waals surface area contributed by atoms with Crippen molar-refractivity contribution in [1.82, 2.24) is 9.73 Å². The molecular formula is C17H24N4O3S2. The first-order valence-electron chi connectivity index (χ1n) is 8.16. The van der Waals surface area contributed by atoms with Crippen molar-refractivity contribution in [2.24, 2.45) is 10.5 Å². The molecule has 1 fully saturated rings. The van der Waals surface area contributed by atoms with Crippen molar-refractivity contribution in [2.75, 3.05) is 19.4 Å². The van der Waals surface area contributed by atoms with E-state index >= 15 is 0 Å². The molecule has 1 aromatic rings. The first-order chi connectivity index (χ1) is 12.0. The maximum Gasteiger partial charge on any atom is 0.242 e. The number of nitrogens with zero attached hydrogens (tertiary/aromatic N) is 2. The van der Waals surface area contributed by atoms with Crippen molar-refractivity contribution in [3.05, 3.63) is 24.3 Å². The lowest BCUT2D eigenvalue weighted by atomic mass is 9.76. The number of carbonyl (C=O) groups is 1. The van der Waals surface area contributed by atoms with Crippen LogP contribution in [0.4, 0.5) is 5.69 Å². The predicted octanol–water partition coefficient (Wildman–Crippen LogP) is 2.36. The summed E-state index contributed by atoms with van der Waals surface area (Å²) in [6, 6.07) is 6.37. The highest BCUT2D eigenvalue weighted by atomic mass is 32.2. The summed E-state index contributed by atoms with van der Waals surface area (Å²) in [5, 5.41) is 7.38. The zero-order valence-corrected chi connectivity index (χ0v) is 17.0. The molecule has 7 nitrogen and oxygen atoms in total. The molecule has 1 saturated carbocycles. The van der Waals surface area contributed by atoms with E-state index in [1.165, 1.54) is 26.2 Å². The summed E-state index contributed by atoms with van der Waals surface area (Å²) in [7, 11) is -0.565. The molecule has 1 aliphatic carbocycles. The minimum atomic E-state index is -3.52. The highest BCUT2D eigenvalue weighted by Gasteiger charge is 2.30. The maximum absolute atomic E-state index is 12.2. The number of thiocarbonyl (C=S) groups is 1. The molecule has 0 heterocycles. The fourth-order valence-electron chi connectivity index (χ4n) is 2.81. The van der Waals surface area contributed by atoms with E-state index in [-0.39, 0.29) is 21.2 Å². The van der Waals surface area contributed by atoms with Crippen molar-refractivity contribution in [2.45, 2.75) is 38.0 Å². The first-order valence-corrected chi connectivity index (χ1v) is 10.0. The number of hydrogen-bond donors (Lipinski definition) is 2. The summed E-state index contributed by atoms with van der Waals surface area (Å²) < 4.78 is 25.5. The first kappa shape index (κ1) is 20.5. The fourth-order valence-corrected chi connectivity index (χ4v) is 3.93. The molecule has 0 amide bonds. The van der Waals surface area contributed by atoms with Crippen LogP contribution in [0.15, 0.2) is 34.3 Å². The van der Waals surface area contributed by atoms with Gasteiger partial charge >= 0.3 is 0 Å². The number of nitrogens with one attached hydrogen (secondary N) is 2. The van der Waals surface area contributed by atoms with Gasteiger partial charge in [0.2, 0.25) is 10.0 Å². The van der Waals surface area contributed by atoms with Gasteiger partial charge < -0.3 is 5.32 Å². The molecule has 1 aliphatic rings. The van der Waals surface area contributed by atoms with Gasteiger partial charge in [0, 0.05) is 38.3 Å².